The SMILES string of the molecule is CCn1ncc(Br)c1C(O)C1CCc2ccccc21. The normalized spacial score (nSPS) is 19.4. The van der Waals surface area contributed by atoms with Crippen molar-refractivity contribution in [2.75, 3.05) is 0 Å². The Labute approximate surface area is 121 Å². The monoisotopic (exact) mass is 320 g/mol. The highest BCUT2D eigenvalue weighted by Gasteiger charge is 2.32. The van der Waals surface area contributed by atoms with Crippen LogP contribution in [0.3, 0.4) is 0 Å². The molecular weight excluding hydrogens is 304 g/mol. The molecule has 0 amide bonds. The molecule has 1 aromatic heterocycles. The molecule has 4 heteroatoms. The van der Waals surface area contributed by atoms with Crippen molar-refractivity contribution in [2.45, 2.75) is 38.3 Å². The fraction of sp³-hybridized carbons (Fsp3) is 0.400. The molecule has 0 saturated heterocycles. The Hall–Kier alpha value is -1.13. The van der Waals surface area contributed by atoms with Crippen molar-refractivity contribution in [3.05, 3.63) is 51.8 Å². The molecule has 3 nitrogen and oxygen atoms in total. The largest absolute Gasteiger partial charge is 0.386 e. The van der Waals surface area contributed by atoms with Crippen LogP contribution >= 0.6 is 15.9 Å². The first kappa shape index (κ1) is 12.9. The third-order valence-electron chi connectivity index (χ3n) is 3.97. The number of hydrogen-bond acceptors (Lipinski definition) is 2. The quantitative estimate of drug-likeness (QED) is 0.940. The van der Waals surface area contributed by atoms with E-state index >= 15 is 0 Å². The van der Waals surface area contributed by atoms with Gasteiger partial charge >= 0.3 is 0 Å². The van der Waals surface area contributed by atoms with Gasteiger partial charge in [-0.3, -0.25) is 4.68 Å². The van der Waals surface area contributed by atoms with E-state index in [0.29, 0.717) is 0 Å². The summed E-state index contributed by atoms with van der Waals surface area (Å²) in [6.07, 6.45) is 3.32. The average Bonchev–Trinajstić information content (AvgIpc) is 3.01. The summed E-state index contributed by atoms with van der Waals surface area (Å²) in [5, 5.41) is 15.1. The van der Waals surface area contributed by atoms with Gasteiger partial charge in [-0.15, -0.1) is 0 Å². The van der Waals surface area contributed by atoms with Crippen LogP contribution in [-0.4, -0.2) is 14.9 Å². The van der Waals surface area contributed by atoms with Gasteiger partial charge in [0.15, 0.2) is 0 Å². The molecule has 1 aromatic carbocycles. The Morgan fingerprint density at radius 2 is 2.26 bits per heavy atom. The zero-order chi connectivity index (χ0) is 13.4. The molecule has 0 radical (unpaired) electrons. The van der Waals surface area contributed by atoms with Gasteiger partial charge in [0.05, 0.1) is 16.4 Å². The summed E-state index contributed by atoms with van der Waals surface area (Å²) in [5.41, 5.74) is 3.54. The topological polar surface area (TPSA) is 38.0 Å². The molecule has 0 saturated carbocycles. The lowest BCUT2D eigenvalue weighted by Gasteiger charge is -2.20. The number of halogens is 1. The summed E-state index contributed by atoms with van der Waals surface area (Å²) >= 11 is 3.50. The fourth-order valence-corrected chi connectivity index (χ4v) is 3.56. The minimum absolute atomic E-state index is 0.175. The van der Waals surface area contributed by atoms with Crippen molar-refractivity contribution < 1.29 is 5.11 Å². The first-order valence-electron chi connectivity index (χ1n) is 6.69. The molecule has 0 aliphatic heterocycles. The predicted octanol–water partition coefficient (Wildman–Crippen LogP) is 3.43. The molecule has 0 bridgehead atoms. The number of aryl methyl sites for hydroxylation is 2. The molecular formula is C15H17BrN2O. The number of rotatable bonds is 3. The summed E-state index contributed by atoms with van der Waals surface area (Å²) in [7, 11) is 0. The number of aromatic nitrogens is 2. The summed E-state index contributed by atoms with van der Waals surface area (Å²) in [6.45, 7) is 2.81. The molecule has 0 fully saturated rings. The highest BCUT2D eigenvalue weighted by molar-refractivity contribution is 9.10. The van der Waals surface area contributed by atoms with Crippen molar-refractivity contribution >= 4 is 15.9 Å². The lowest BCUT2D eigenvalue weighted by molar-refractivity contribution is 0.134. The first-order valence-corrected chi connectivity index (χ1v) is 7.48. The van der Waals surface area contributed by atoms with E-state index in [1.165, 1.54) is 11.1 Å². The van der Waals surface area contributed by atoms with E-state index in [0.717, 1.165) is 29.6 Å². The van der Waals surface area contributed by atoms with Crippen LogP contribution in [0.4, 0.5) is 0 Å². The number of nitrogens with zero attached hydrogens (tertiary/aromatic N) is 2. The maximum atomic E-state index is 10.8. The molecule has 3 rings (SSSR count). The van der Waals surface area contributed by atoms with E-state index in [2.05, 4.69) is 45.3 Å². The Morgan fingerprint density at radius 3 is 3.05 bits per heavy atom. The van der Waals surface area contributed by atoms with Crippen LogP contribution in [0.15, 0.2) is 34.9 Å². The molecule has 1 N–H and O–H groups in total. The number of hydrogen-bond donors (Lipinski definition) is 1. The van der Waals surface area contributed by atoms with Crippen LogP contribution in [0.25, 0.3) is 0 Å². The number of benzene rings is 1. The van der Waals surface area contributed by atoms with E-state index in [4.69, 9.17) is 0 Å². The number of aliphatic hydroxyl groups is 1. The first-order chi connectivity index (χ1) is 9.22. The van der Waals surface area contributed by atoms with Gasteiger partial charge in [0.1, 0.15) is 6.10 Å². The molecule has 2 aromatic rings. The average molecular weight is 321 g/mol. The summed E-state index contributed by atoms with van der Waals surface area (Å²) in [4.78, 5) is 0. The Morgan fingerprint density at radius 1 is 1.47 bits per heavy atom. The zero-order valence-electron chi connectivity index (χ0n) is 10.9. The molecule has 1 aliphatic rings. The second-order valence-corrected chi connectivity index (χ2v) is 5.84. The highest BCUT2D eigenvalue weighted by atomic mass is 79.9. The van der Waals surface area contributed by atoms with E-state index < -0.39 is 6.10 Å². The van der Waals surface area contributed by atoms with E-state index in [1.807, 2.05) is 11.6 Å². The fourth-order valence-electron chi connectivity index (χ4n) is 3.03. The van der Waals surface area contributed by atoms with Crippen LogP contribution in [-0.2, 0) is 13.0 Å². The van der Waals surface area contributed by atoms with Gasteiger partial charge in [-0.2, -0.15) is 5.10 Å². The summed E-state index contributed by atoms with van der Waals surface area (Å²) in [5.74, 6) is 0.175. The smallest absolute Gasteiger partial charge is 0.104 e. The Bertz CT molecular complexity index is 594. The standard InChI is InChI=1S/C15H17BrN2O/c1-2-18-14(13(16)9-17-18)15(19)12-8-7-10-5-3-4-6-11(10)12/h3-6,9,12,15,19H,2,7-8H2,1H3. The van der Waals surface area contributed by atoms with Crippen LogP contribution < -0.4 is 0 Å². The lowest BCUT2D eigenvalue weighted by Crippen LogP contribution is -2.14. The molecule has 100 valence electrons. The zero-order valence-corrected chi connectivity index (χ0v) is 12.5. The van der Waals surface area contributed by atoms with Crippen LogP contribution in [0.5, 0.6) is 0 Å². The summed E-state index contributed by atoms with van der Waals surface area (Å²) < 4.78 is 2.77. The summed E-state index contributed by atoms with van der Waals surface area (Å²) in [6, 6.07) is 8.42. The van der Waals surface area contributed by atoms with Crippen molar-refractivity contribution in [3.63, 3.8) is 0 Å². The van der Waals surface area contributed by atoms with Gasteiger partial charge in [0.25, 0.3) is 0 Å². The lowest BCUT2D eigenvalue weighted by atomic mass is 9.93. The van der Waals surface area contributed by atoms with Gasteiger partial charge in [0.2, 0.25) is 0 Å². The number of aliphatic hydroxyl groups excluding tert-OH is 1. The Kier molecular flexibility index (Phi) is 3.46. The van der Waals surface area contributed by atoms with E-state index in [9.17, 15) is 5.11 Å². The minimum Gasteiger partial charge on any atom is -0.386 e. The number of fused-ring (bicyclic) bond motifs is 1. The molecule has 1 aliphatic carbocycles. The van der Waals surface area contributed by atoms with E-state index in [1.54, 1.807) is 6.20 Å². The van der Waals surface area contributed by atoms with Crippen molar-refractivity contribution in [1.29, 1.82) is 0 Å². The molecule has 19 heavy (non-hydrogen) atoms. The molecule has 2 unspecified atom stereocenters. The van der Waals surface area contributed by atoms with Gasteiger partial charge in [-0.1, -0.05) is 24.3 Å². The predicted molar refractivity (Wildman–Crippen MR) is 78.1 cm³/mol. The molecule has 2 atom stereocenters. The Balaban J connectivity index is 1.97. The maximum Gasteiger partial charge on any atom is 0.104 e. The third-order valence-corrected chi connectivity index (χ3v) is 4.58. The van der Waals surface area contributed by atoms with E-state index in [-0.39, 0.29) is 5.92 Å². The van der Waals surface area contributed by atoms with Crippen molar-refractivity contribution in [1.82, 2.24) is 9.78 Å². The van der Waals surface area contributed by atoms with Crippen LogP contribution in [0.1, 0.15) is 42.2 Å². The van der Waals surface area contributed by atoms with Crippen LogP contribution in [0.2, 0.25) is 0 Å². The van der Waals surface area contributed by atoms with Gasteiger partial charge < -0.3 is 5.11 Å². The third kappa shape index (κ3) is 2.13. The minimum atomic E-state index is -0.500. The van der Waals surface area contributed by atoms with Crippen molar-refractivity contribution in [3.8, 4) is 0 Å². The van der Waals surface area contributed by atoms with Gasteiger partial charge in [-0.25, -0.2) is 0 Å². The second kappa shape index (κ2) is 5.10. The highest BCUT2D eigenvalue weighted by Crippen LogP contribution is 2.42. The second-order valence-electron chi connectivity index (χ2n) is 4.98. The maximum absolute atomic E-state index is 10.8. The van der Waals surface area contributed by atoms with Gasteiger partial charge in [0, 0.05) is 12.5 Å². The molecule has 1 heterocycles. The van der Waals surface area contributed by atoms with Crippen LogP contribution in [0, 0.1) is 0 Å². The molecule has 0 spiro atoms. The van der Waals surface area contributed by atoms with Crippen molar-refractivity contribution in [2.24, 2.45) is 0 Å². The van der Waals surface area contributed by atoms with Gasteiger partial charge in [-0.05, 0) is 46.8 Å².